The fourth-order valence-corrected chi connectivity index (χ4v) is 2.15. The maximum atomic E-state index is 10.9. The summed E-state index contributed by atoms with van der Waals surface area (Å²) in [4.78, 5) is 10.9. The van der Waals surface area contributed by atoms with Crippen LogP contribution in [0.5, 0.6) is 0 Å². The predicted molar refractivity (Wildman–Crippen MR) is 67.0 cm³/mol. The lowest BCUT2D eigenvalue weighted by Gasteiger charge is -2.09. The van der Waals surface area contributed by atoms with Gasteiger partial charge in [-0.05, 0) is 18.4 Å². The van der Waals surface area contributed by atoms with Crippen molar-refractivity contribution in [1.29, 1.82) is 0 Å². The standard InChI is InChI=1S/C13H16OS/c1-3-13(15-11(2)14)10-9-12-7-5-4-6-8-12/h3-8,13H,1,9-10H2,2H3. The number of benzene rings is 1. The zero-order valence-electron chi connectivity index (χ0n) is 8.98. The molecule has 2 heteroatoms. The Kier molecular flexibility index (Phi) is 5.19. The predicted octanol–water partition coefficient (Wildman–Crippen LogP) is 3.45. The number of thioether (sulfide) groups is 1. The number of hydrogen-bond donors (Lipinski definition) is 0. The summed E-state index contributed by atoms with van der Waals surface area (Å²) in [6.07, 6.45) is 3.82. The summed E-state index contributed by atoms with van der Waals surface area (Å²) in [7, 11) is 0. The van der Waals surface area contributed by atoms with E-state index in [1.165, 1.54) is 17.3 Å². The van der Waals surface area contributed by atoms with Crippen LogP contribution in [-0.4, -0.2) is 10.4 Å². The molecule has 80 valence electrons. The molecule has 0 bridgehead atoms. The van der Waals surface area contributed by atoms with Crippen molar-refractivity contribution in [2.45, 2.75) is 25.0 Å². The summed E-state index contributed by atoms with van der Waals surface area (Å²) in [5.74, 6) is 0. The van der Waals surface area contributed by atoms with E-state index >= 15 is 0 Å². The van der Waals surface area contributed by atoms with E-state index in [4.69, 9.17) is 0 Å². The minimum atomic E-state index is 0.160. The van der Waals surface area contributed by atoms with E-state index in [2.05, 4.69) is 18.7 Å². The first-order chi connectivity index (χ1) is 7.22. The van der Waals surface area contributed by atoms with Gasteiger partial charge in [0, 0.05) is 12.2 Å². The second-order valence-electron chi connectivity index (χ2n) is 3.41. The average molecular weight is 220 g/mol. The van der Waals surface area contributed by atoms with Crippen LogP contribution in [-0.2, 0) is 11.2 Å². The van der Waals surface area contributed by atoms with Crippen molar-refractivity contribution in [3.8, 4) is 0 Å². The normalized spacial score (nSPS) is 12.1. The molecule has 0 fully saturated rings. The van der Waals surface area contributed by atoms with E-state index in [1.807, 2.05) is 24.3 Å². The lowest BCUT2D eigenvalue weighted by Crippen LogP contribution is -2.03. The van der Waals surface area contributed by atoms with Crippen LogP contribution in [0.1, 0.15) is 18.9 Å². The van der Waals surface area contributed by atoms with Gasteiger partial charge < -0.3 is 0 Å². The molecule has 0 saturated heterocycles. The number of aryl methyl sites for hydroxylation is 1. The number of carbonyl (C=O) groups is 1. The molecule has 0 amide bonds. The van der Waals surface area contributed by atoms with Crippen LogP contribution in [0.2, 0.25) is 0 Å². The zero-order chi connectivity index (χ0) is 11.1. The Labute approximate surface area is 95.6 Å². The van der Waals surface area contributed by atoms with Gasteiger partial charge in [-0.1, -0.05) is 48.2 Å². The molecular formula is C13H16OS. The van der Waals surface area contributed by atoms with E-state index in [0.717, 1.165) is 12.8 Å². The molecule has 0 heterocycles. The number of carbonyl (C=O) groups excluding carboxylic acids is 1. The van der Waals surface area contributed by atoms with Gasteiger partial charge >= 0.3 is 0 Å². The minimum Gasteiger partial charge on any atom is -0.288 e. The summed E-state index contributed by atoms with van der Waals surface area (Å²) < 4.78 is 0. The molecular weight excluding hydrogens is 204 g/mol. The molecule has 1 rings (SSSR count). The third-order valence-corrected chi connectivity index (χ3v) is 3.20. The van der Waals surface area contributed by atoms with Gasteiger partial charge in [-0.2, -0.15) is 0 Å². The van der Waals surface area contributed by atoms with Crippen molar-refractivity contribution >= 4 is 16.9 Å². The average Bonchev–Trinajstić information content (AvgIpc) is 2.25. The van der Waals surface area contributed by atoms with E-state index in [0.29, 0.717) is 0 Å². The second-order valence-corrected chi connectivity index (χ2v) is 4.82. The Morgan fingerprint density at radius 1 is 1.47 bits per heavy atom. The molecule has 1 atom stereocenters. The maximum Gasteiger partial charge on any atom is 0.186 e. The smallest absolute Gasteiger partial charge is 0.186 e. The van der Waals surface area contributed by atoms with Gasteiger partial charge in [-0.3, -0.25) is 4.79 Å². The van der Waals surface area contributed by atoms with Gasteiger partial charge in [-0.15, -0.1) is 6.58 Å². The molecule has 1 nitrogen and oxygen atoms in total. The van der Waals surface area contributed by atoms with Crippen LogP contribution in [0, 0.1) is 0 Å². The van der Waals surface area contributed by atoms with Crippen molar-refractivity contribution in [3.05, 3.63) is 48.6 Å². The molecule has 0 radical (unpaired) electrons. The highest BCUT2D eigenvalue weighted by atomic mass is 32.2. The molecule has 0 N–H and O–H groups in total. The van der Waals surface area contributed by atoms with E-state index in [-0.39, 0.29) is 10.4 Å². The SMILES string of the molecule is C=CC(CCc1ccccc1)SC(C)=O. The molecule has 1 aromatic carbocycles. The van der Waals surface area contributed by atoms with Crippen LogP contribution in [0.3, 0.4) is 0 Å². The van der Waals surface area contributed by atoms with Crippen LogP contribution in [0.15, 0.2) is 43.0 Å². The Morgan fingerprint density at radius 3 is 2.67 bits per heavy atom. The summed E-state index contributed by atoms with van der Waals surface area (Å²) in [6, 6.07) is 10.3. The summed E-state index contributed by atoms with van der Waals surface area (Å²) in [5.41, 5.74) is 1.31. The van der Waals surface area contributed by atoms with E-state index < -0.39 is 0 Å². The van der Waals surface area contributed by atoms with Crippen LogP contribution in [0.4, 0.5) is 0 Å². The van der Waals surface area contributed by atoms with E-state index in [1.54, 1.807) is 6.92 Å². The Morgan fingerprint density at radius 2 is 2.13 bits per heavy atom. The first kappa shape index (κ1) is 12.1. The highest BCUT2D eigenvalue weighted by molar-refractivity contribution is 8.14. The largest absolute Gasteiger partial charge is 0.288 e. The molecule has 0 spiro atoms. The van der Waals surface area contributed by atoms with Gasteiger partial charge in [0.1, 0.15) is 0 Å². The lowest BCUT2D eigenvalue weighted by molar-refractivity contribution is -0.109. The molecule has 15 heavy (non-hydrogen) atoms. The number of rotatable bonds is 5. The topological polar surface area (TPSA) is 17.1 Å². The molecule has 0 aliphatic carbocycles. The van der Waals surface area contributed by atoms with Crippen molar-refractivity contribution in [2.24, 2.45) is 0 Å². The molecule has 0 aromatic heterocycles. The Hall–Kier alpha value is -1.02. The first-order valence-electron chi connectivity index (χ1n) is 5.06. The van der Waals surface area contributed by atoms with Crippen molar-refractivity contribution in [2.75, 3.05) is 0 Å². The zero-order valence-corrected chi connectivity index (χ0v) is 9.80. The lowest BCUT2D eigenvalue weighted by atomic mass is 10.1. The Bertz CT molecular complexity index is 319. The molecule has 0 saturated carbocycles. The third kappa shape index (κ3) is 4.84. The Balaban J connectivity index is 2.41. The van der Waals surface area contributed by atoms with Crippen LogP contribution >= 0.6 is 11.8 Å². The summed E-state index contributed by atoms with van der Waals surface area (Å²) >= 11 is 1.36. The first-order valence-corrected chi connectivity index (χ1v) is 5.94. The fraction of sp³-hybridized carbons (Fsp3) is 0.308. The third-order valence-electron chi connectivity index (χ3n) is 2.14. The van der Waals surface area contributed by atoms with Gasteiger partial charge in [0.2, 0.25) is 0 Å². The second kappa shape index (κ2) is 6.46. The van der Waals surface area contributed by atoms with Crippen molar-refractivity contribution in [1.82, 2.24) is 0 Å². The summed E-state index contributed by atoms with van der Waals surface area (Å²) in [5, 5.41) is 0.399. The fourth-order valence-electron chi connectivity index (χ4n) is 1.39. The summed E-state index contributed by atoms with van der Waals surface area (Å²) in [6.45, 7) is 5.35. The molecule has 1 unspecified atom stereocenters. The molecule has 1 aromatic rings. The van der Waals surface area contributed by atoms with Crippen molar-refractivity contribution < 1.29 is 4.79 Å². The van der Waals surface area contributed by atoms with Crippen LogP contribution < -0.4 is 0 Å². The number of hydrogen-bond acceptors (Lipinski definition) is 2. The molecule has 0 aliphatic rings. The monoisotopic (exact) mass is 220 g/mol. The van der Waals surface area contributed by atoms with Crippen molar-refractivity contribution in [3.63, 3.8) is 0 Å². The maximum absolute atomic E-state index is 10.9. The van der Waals surface area contributed by atoms with Gasteiger partial charge in [-0.25, -0.2) is 0 Å². The van der Waals surface area contributed by atoms with Gasteiger partial charge in [0.05, 0.1) is 0 Å². The van der Waals surface area contributed by atoms with E-state index in [9.17, 15) is 4.79 Å². The molecule has 0 aliphatic heterocycles. The highest BCUT2D eigenvalue weighted by Gasteiger charge is 2.07. The van der Waals surface area contributed by atoms with Crippen LogP contribution in [0.25, 0.3) is 0 Å². The minimum absolute atomic E-state index is 0.160. The van der Waals surface area contributed by atoms with Gasteiger partial charge in [0.15, 0.2) is 5.12 Å². The van der Waals surface area contributed by atoms with Gasteiger partial charge in [0.25, 0.3) is 0 Å². The quantitative estimate of drug-likeness (QED) is 0.707. The highest BCUT2D eigenvalue weighted by Crippen LogP contribution is 2.18.